The molecule has 122 valence electrons. The second-order valence-corrected chi connectivity index (χ2v) is 5.67. The molecule has 1 heterocycles. The Bertz CT molecular complexity index is 359. The molecule has 1 aliphatic heterocycles. The normalized spacial score (nSPS) is 25.6. The number of hydrogen-bond acceptors (Lipinski definition) is 4. The maximum atomic E-state index is 12.5. The minimum atomic E-state index is 0. The minimum absolute atomic E-state index is 0. The number of piperazine rings is 1. The number of amides is 2. The third-order valence-electron chi connectivity index (χ3n) is 4.49. The monoisotopic (exact) mass is 319 g/mol. The highest BCUT2D eigenvalue weighted by Crippen LogP contribution is 2.32. The first-order chi connectivity index (χ1) is 9.67. The quantitative estimate of drug-likeness (QED) is 0.797. The highest BCUT2D eigenvalue weighted by atomic mass is 35.5. The summed E-state index contributed by atoms with van der Waals surface area (Å²) in [6, 6.07) is 0. The second-order valence-electron chi connectivity index (χ2n) is 5.67. The van der Waals surface area contributed by atoms with E-state index >= 15 is 0 Å². The number of halogens is 1. The van der Waals surface area contributed by atoms with E-state index in [1.165, 1.54) is 7.11 Å². The topological polar surface area (TPSA) is 75.9 Å². The highest BCUT2D eigenvalue weighted by Gasteiger charge is 2.35. The van der Waals surface area contributed by atoms with Crippen LogP contribution in [0.4, 0.5) is 0 Å². The number of carbonyl (C=O) groups excluding carboxylic acids is 2. The Kier molecular flexibility index (Phi) is 7.42. The predicted octanol–water partition coefficient (Wildman–Crippen LogP) is 0.100. The molecule has 1 saturated heterocycles. The van der Waals surface area contributed by atoms with Crippen LogP contribution in [0.15, 0.2) is 0 Å². The third-order valence-corrected chi connectivity index (χ3v) is 4.49. The van der Waals surface area contributed by atoms with Gasteiger partial charge in [-0.3, -0.25) is 9.59 Å². The van der Waals surface area contributed by atoms with E-state index in [1.807, 2.05) is 4.90 Å². The van der Waals surface area contributed by atoms with E-state index in [2.05, 4.69) is 0 Å². The van der Waals surface area contributed by atoms with E-state index in [4.69, 9.17) is 10.5 Å². The van der Waals surface area contributed by atoms with E-state index in [1.54, 1.807) is 4.90 Å². The smallest absolute Gasteiger partial charge is 0.248 e. The molecule has 0 aromatic carbocycles. The van der Waals surface area contributed by atoms with Crippen molar-refractivity contribution >= 4 is 24.2 Å². The SMILES string of the molecule is COCC(=O)N1CCN(C(=O)[C@@H]2CCC[C@@H]2CN)CC1.Cl. The largest absolute Gasteiger partial charge is 0.375 e. The van der Waals surface area contributed by atoms with E-state index in [0.717, 1.165) is 19.3 Å². The van der Waals surface area contributed by atoms with Crippen LogP contribution in [0, 0.1) is 11.8 Å². The van der Waals surface area contributed by atoms with Gasteiger partial charge < -0.3 is 20.3 Å². The zero-order valence-electron chi connectivity index (χ0n) is 12.6. The summed E-state index contributed by atoms with van der Waals surface area (Å²) in [5, 5.41) is 0. The third kappa shape index (κ3) is 4.31. The molecule has 6 nitrogen and oxygen atoms in total. The Hall–Kier alpha value is -0.850. The van der Waals surface area contributed by atoms with E-state index in [-0.39, 0.29) is 36.7 Å². The molecule has 2 amide bonds. The number of rotatable bonds is 4. The molecule has 0 aromatic rings. The Morgan fingerprint density at radius 1 is 1.14 bits per heavy atom. The van der Waals surface area contributed by atoms with Crippen LogP contribution < -0.4 is 5.73 Å². The van der Waals surface area contributed by atoms with Gasteiger partial charge in [-0.15, -0.1) is 12.4 Å². The maximum absolute atomic E-state index is 12.5. The summed E-state index contributed by atoms with van der Waals surface area (Å²) >= 11 is 0. The molecule has 7 heteroatoms. The van der Waals surface area contributed by atoms with E-state index in [9.17, 15) is 9.59 Å². The fourth-order valence-electron chi connectivity index (χ4n) is 3.27. The molecule has 0 unspecified atom stereocenters. The van der Waals surface area contributed by atoms with Crippen LogP contribution in [-0.4, -0.2) is 68.1 Å². The maximum Gasteiger partial charge on any atom is 0.248 e. The number of methoxy groups -OCH3 is 1. The zero-order chi connectivity index (χ0) is 14.5. The van der Waals surface area contributed by atoms with Crippen molar-refractivity contribution < 1.29 is 14.3 Å². The van der Waals surface area contributed by atoms with Crippen LogP contribution in [0.2, 0.25) is 0 Å². The Labute approximate surface area is 132 Å². The average Bonchev–Trinajstić information content (AvgIpc) is 2.95. The van der Waals surface area contributed by atoms with E-state index in [0.29, 0.717) is 38.6 Å². The van der Waals surface area contributed by atoms with Gasteiger partial charge in [0.05, 0.1) is 0 Å². The van der Waals surface area contributed by atoms with Crippen molar-refractivity contribution in [3.8, 4) is 0 Å². The summed E-state index contributed by atoms with van der Waals surface area (Å²) in [5.74, 6) is 0.675. The molecule has 1 aliphatic carbocycles. The van der Waals surface area contributed by atoms with Crippen molar-refractivity contribution in [1.82, 2.24) is 9.80 Å². The lowest BCUT2D eigenvalue weighted by Gasteiger charge is -2.36. The van der Waals surface area contributed by atoms with E-state index < -0.39 is 0 Å². The first-order valence-electron chi connectivity index (χ1n) is 7.43. The Morgan fingerprint density at radius 3 is 2.33 bits per heavy atom. The average molecular weight is 320 g/mol. The van der Waals surface area contributed by atoms with Gasteiger partial charge in [0, 0.05) is 39.2 Å². The molecule has 2 atom stereocenters. The number of nitrogens with zero attached hydrogens (tertiary/aromatic N) is 2. The van der Waals surface area contributed by atoms with Crippen molar-refractivity contribution in [3.63, 3.8) is 0 Å². The standard InChI is InChI=1S/C14H25N3O3.ClH/c1-20-10-13(18)16-5-7-17(8-6-16)14(19)12-4-2-3-11(12)9-15;/h11-12H,2-10,15H2,1H3;1H/t11-,12-;/m1./s1. The number of hydrogen-bond donors (Lipinski definition) is 1. The fourth-order valence-corrected chi connectivity index (χ4v) is 3.27. The summed E-state index contributed by atoms with van der Waals surface area (Å²) in [4.78, 5) is 27.9. The van der Waals surface area contributed by atoms with Crippen molar-refractivity contribution in [2.24, 2.45) is 17.6 Å². The molecule has 2 rings (SSSR count). The van der Waals surface area contributed by atoms with Crippen LogP contribution in [0.1, 0.15) is 19.3 Å². The lowest BCUT2D eigenvalue weighted by Crippen LogP contribution is -2.53. The van der Waals surface area contributed by atoms with Crippen LogP contribution in [0.3, 0.4) is 0 Å². The molecule has 0 aromatic heterocycles. The number of carbonyl (C=O) groups is 2. The van der Waals surface area contributed by atoms with Crippen molar-refractivity contribution in [1.29, 1.82) is 0 Å². The van der Waals surface area contributed by atoms with Gasteiger partial charge in [-0.25, -0.2) is 0 Å². The number of ether oxygens (including phenoxy) is 1. The van der Waals surface area contributed by atoms with Crippen LogP contribution in [0.5, 0.6) is 0 Å². The minimum Gasteiger partial charge on any atom is -0.375 e. The Morgan fingerprint density at radius 2 is 1.76 bits per heavy atom. The number of nitrogens with two attached hydrogens (primary N) is 1. The predicted molar refractivity (Wildman–Crippen MR) is 82.2 cm³/mol. The van der Waals surface area contributed by atoms with Crippen molar-refractivity contribution in [2.75, 3.05) is 46.4 Å². The highest BCUT2D eigenvalue weighted by molar-refractivity contribution is 5.85. The van der Waals surface area contributed by atoms with Crippen LogP contribution >= 0.6 is 12.4 Å². The summed E-state index contributed by atoms with van der Waals surface area (Å²) in [5.41, 5.74) is 5.75. The lowest BCUT2D eigenvalue weighted by atomic mass is 9.94. The zero-order valence-corrected chi connectivity index (χ0v) is 13.4. The molecule has 0 radical (unpaired) electrons. The molecule has 2 aliphatic rings. The van der Waals surface area contributed by atoms with Crippen molar-refractivity contribution in [3.05, 3.63) is 0 Å². The summed E-state index contributed by atoms with van der Waals surface area (Å²) in [7, 11) is 1.52. The van der Waals surface area contributed by atoms with Gasteiger partial charge in [-0.05, 0) is 25.3 Å². The second kappa shape index (κ2) is 8.56. The summed E-state index contributed by atoms with van der Waals surface area (Å²) in [6.07, 6.45) is 3.13. The molecular weight excluding hydrogens is 294 g/mol. The molecule has 2 fully saturated rings. The Balaban J connectivity index is 0.00000220. The van der Waals surface area contributed by atoms with Gasteiger partial charge in [0.1, 0.15) is 6.61 Å². The van der Waals surface area contributed by atoms with Gasteiger partial charge in [0.15, 0.2) is 0 Å². The summed E-state index contributed by atoms with van der Waals surface area (Å²) in [6.45, 7) is 3.18. The van der Waals surface area contributed by atoms with Crippen LogP contribution in [0.25, 0.3) is 0 Å². The van der Waals surface area contributed by atoms with Gasteiger partial charge in [-0.2, -0.15) is 0 Å². The molecule has 1 saturated carbocycles. The van der Waals surface area contributed by atoms with Crippen LogP contribution in [-0.2, 0) is 14.3 Å². The molecule has 2 N–H and O–H groups in total. The van der Waals surface area contributed by atoms with Gasteiger partial charge >= 0.3 is 0 Å². The molecule has 0 bridgehead atoms. The first kappa shape index (κ1) is 18.2. The first-order valence-corrected chi connectivity index (χ1v) is 7.43. The molecule has 0 spiro atoms. The van der Waals surface area contributed by atoms with Crippen molar-refractivity contribution in [2.45, 2.75) is 19.3 Å². The molecular formula is C14H26ClN3O3. The summed E-state index contributed by atoms with van der Waals surface area (Å²) < 4.78 is 4.86. The lowest BCUT2D eigenvalue weighted by molar-refractivity contribution is -0.144. The fraction of sp³-hybridized carbons (Fsp3) is 0.857. The molecule has 21 heavy (non-hydrogen) atoms. The van der Waals surface area contributed by atoms with Gasteiger partial charge in [0.2, 0.25) is 11.8 Å². The van der Waals surface area contributed by atoms with Gasteiger partial charge in [-0.1, -0.05) is 6.42 Å². The van der Waals surface area contributed by atoms with Gasteiger partial charge in [0.25, 0.3) is 0 Å².